The molecular weight excluding hydrogens is 167 g/mol. The molecule has 74 valence electrons. The molecule has 0 spiro atoms. The Hall–Kier alpha value is -1.18. The van der Waals surface area contributed by atoms with E-state index in [1.54, 1.807) is 12.1 Å². The number of hydrogen-bond acceptors (Lipinski definition) is 1. The van der Waals surface area contributed by atoms with Gasteiger partial charge in [-0.2, -0.15) is 0 Å². The van der Waals surface area contributed by atoms with Crippen LogP contribution in [0, 0.1) is 5.82 Å². The normalized spacial score (nSPS) is 7.15. The first-order valence-electron chi connectivity index (χ1n) is 4.54. The van der Waals surface area contributed by atoms with E-state index in [0.29, 0.717) is 6.29 Å². The molecule has 1 aromatic carbocycles. The van der Waals surface area contributed by atoms with Gasteiger partial charge in [0.25, 0.3) is 0 Å². The van der Waals surface area contributed by atoms with Crippen molar-refractivity contribution in [3.63, 3.8) is 0 Å². The topological polar surface area (TPSA) is 17.1 Å². The lowest BCUT2D eigenvalue weighted by molar-refractivity contribution is 0.112. The fourth-order valence-corrected chi connectivity index (χ4v) is 0.571. The van der Waals surface area contributed by atoms with Crippen LogP contribution in [0.25, 0.3) is 0 Å². The Morgan fingerprint density at radius 1 is 1.08 bits per heavy atom. The molecule has 0 heterocycles. The number of carbonyl (C=O) groups excluding carboxylic acids is 1. The van der Waals surface area contributed by atoms with Crippen molar-refractivity contribution in [2.75, 3.05) is 0 Å². The number of halogens is 1. The molecule has 0 N–H and O–H groups in total. The van der Waals surface area contributed by atoms with Crippen molar-refractivity contribution < 1.29 is 9.18 Å². The predicted octanol–water partition coefficient (Wildman–Crippen LogP) is 3.69. The summed E-state index contributed by atoms with van der Waals surface area (Å²) >= 11 is 0. The van der Waals surface area contributed by atoms with Crippen LogP contribution in [0.1, 0.15) is 38.1 Å². The molecule has 2 heteroatoms. The lowest BCUT2D eigenvalue weighted by atomic mass is 10.2. The third-order valence-electron chi connectivity index (χ3n) is 1.03. The average Bonchev–Trinajstić information content (AvgIpc) is 2.24. The SMILES string of the molecule is CC.CC.O=Cc1ccccc1F. The minimum Gasteiger partial charge on any atom is -0.298 e. The highest BCUT2D eigenvalue weighted by Crippen LogP contribution is 2.01. The highest BCUT2D eigenvalue weighted by molar-refractivity contribution is 5.74. The van der Waals surface area contributed by atoms with E-state index in [1.807, 2.05) is 27.7 Å². The van der Waals surface area contributed by atoms with Crippen molar-refractivity contribution in [1.82, 2.24) is 0 Å². The van der Waals surface area contributed by atoms with Crippen LogP contribution in [-0.2, 0) is 0 Å². The van der Waals surface area contributed by atoms with Crippen molar-refractivity contribution in [2.24, 2.45) is 0 Å². The molecule has 0 aliphatic carbocycles. The summed E-state index contributed by atoms with van der Waals surface area (Å²) in [7, 11) is 0. The Morgan fingerprint density at radius 2 is 1.54 bits per heavy atom. The molecule has 1 aromatic rings. The number of aldehydes is 1. The van der Waals surface area contributed by atoms with E-state index in [-0.39, 0.29) is 5.56 Å². The zero-order valence-corrected chi connectivity index (χ0v) is 8.67. The van der Waals surface area contributed by atoms with Gasteiger partial charge >= 0.3 is 0 Å². The van der Waals surface area contributed by atoms with Crippen LogP contribution >= 0.6 is 0 Å². The summed E-state index contributed by atoms with van der Waals surface area (Å²) in [5.74, 6) is -0.465. The second kappa shape index (κ2) is 10.8. The zero-order valence-electron chi connectivity index (χ0n) is 8.67. The van der Waals surface area contributed by atoms with E-state index in [4.69, 9.17) is 0 Å². The van der Waals surface area contributed by atoms with E-state index in [2.05, 4.69) is 0 Å². The summed E-state index contributed by atoms with van der Waals surface area (Å²) in [5.41, 5.74) is 0.109. The summed E-state index contributed by atoms with van der Waals surface area (Å²) in [4.78, 5) is 9.99. The van der Waals surface area contributed by atoms with Gasteiger partial charge in [0.1, 0.15) is 5.82 Å². The van der Waals surface area contributed by atoms with Gasteiger partial charge < -0.3 is 0 Å². The van der Waals surface area contributed by atoms with Crippen LogP contribution in [0.5, 0.6) is 0 Å². The first kappa shape index (κ1) is 14.3. The van der Waals surface area contributed by atoms with Gasteiger partial charge in [-0.25, -0.2) is 4.39 Å². The number of benzene rings is 1. The van der Waals surface area contributed by atoms with Gasteiger partial charge in [0.15, 0.2) is 6.29 Å². The predicted molar refractivity (Wildman–Crippen MR) is 54.5 cm³/mol. The average molecular weight is 184 g/mol. The number of rotatable bonds is 1. The van der Waals surface area contributed by atoms with Gasteiger partial charge in [0.2, 0.25) is 0 Å². The van der Waals surface area contributed by atoms with Crippen LogP contribution < -0.4 is 0 Å². The molecule has 0 aromatic heterocycles. The second-order valence-electron chi connectivity index (χ2n) is 1.64. The minimum absolute atomic E-state index is 0.109. The molecule has 0 unspecified atom stereocenters. The van der Waals surface area contributed by atoms with E-state index >= 15 is 0 Å². The molecule has 0 radical (unpaired) electrons. The quantitative estimate of drug-likeness (QED) is 0.608. The van der Waals surface area contributed by atoms with Gasteiger partial charge in [0.05, 0.1) is 5.56 Å². The van der Waals surface area contributed by atoms with E-state index in [0.717, 1.165) is 0 Å². The van der Waals surface area contributed by atoms with Crippen LogP contribution in [-0.4, -0.2) is 6.29 Å². The van der Waals surface area contributed by atoms with Gasteiger partial charge in [-0.3, -0.25) is 4.79 Å². The Morgan fingerprint density at radius 3 is 1.85 bits per heavy atom. The fourth-order valence-electron chi connectivity index (χ4n) is 0.571. The molecule has 0 amide bonds. The third-order valence-corrected chi connectivity index (χ3v) is 1.03. The van der Waals surface area contributed by atoms with Gasteiger partial charge in [-0.1, -0.05) is 39.8 Å². The summed E-state index contributed by atoms with van der Waals surface area (Å²) in [6.07, 6.45) is 0.495. The maximum absolute atomic E-state index is 12.4. The standard InChI is InChI=1S/C7H5FO.2C2H6/c8-7-4-2-1-3-6(7)5-9;2*1-2/h1-5H;2*1-2H3. The van der Waals surface area contributed by atoms with Gasteiger partial charge in [-0.05, 0) is 12.1 Å². The van der Waals surface area contributed by atoms with E-state index < -0.39 is 5.82 Å². The summed E-state index contributed by atoms with van der Waals surface area (Å²) in [6, 6.07) is 5.85. The molecule has 0 aliphatic rings. The van der Waals surface area contributed by atoms with Crippen LogP contribution in [0.2, 0.25) is 0 Å². The van der Waals surface area contributed by atoms with Crippen molar-refractivity contribution in [3.8, 4) is 0 Å². The van der Waals surface area contributed by atoms with Crippen molar-refractivity contribution in [1.29, 1.82) is 0 Å². The molecule has 0 atom stereocenters. The zero-order chi connectivity index (χ0) is 10.7. The number of hydrogen-bond donors (Lipinski definition) is 0. The van der Waals surface area contributed by atoms with Gasteiger partial charge in [0, 0.05) is 0 Å². The van der Waals surface area contributed by atoms with Gasteiger partial charge in [-0.15, -0.1) is 0 Å². The molecule has 1 nitrogen and oxygen atoms in total. The van der Waals surface area contributed by atoms with E-state index in [9.17, 15) is 9.18 Å². The summed E-state index contributed by atoms with van der Waals surface area (Å²) < 4.78 is 12.4. The Bertz CT molecular complexity index is 221. The first-order chi connectivity index (χ1) is 6.34. The molecule has 0 aliphatic heterocycles. The molecule has 13 heavy (non-hydrogen) atoms. The minimum atomic E-state index is -0.465. The smallest absolute Gasteiger partial charge is 0.152 e. The largest absolute Gasteiger partial charge is 0.298 e. The number of carbonyl (C=O) groups is 1. The monoisotopic (exact) mass is 184 g/mol. The Kier molecular flexibility index (Phi) is 11.9. The van der Waals surface area contributed by atoms with Crippen molar-refractivity contribution in [2.45, 2.75) is 27.7 Å². The first-order valence-corrected chi connectivity index (χ1v) is 4.54. The van der Waals surface area contributed by atoms with Crippen molar-refractivity contribution in [3.05, 3.63) is 35.6 Å². The van der Waals surface area contributed by atoms with Crippen LogP contribution in [0.3, 0.4) is 0 Å². The maximum Gasteiger partial charge on any atom is 0.152 e. The highest BCUT2D eigenvalue weighted by atomic mass is 19.1. The summed E-state index contributed by atoms with van der Waals surface area (Å²) in [6.45, 7) is 8.00. The maximum atomic E-state index is 12.4. The van der Waals surface area contributed by atoms with E-state index in [1.165, 1.54) is 12.1 Å². The van der Waals surface area contributed by atoms with Crippen molar-refractivity contribution >= 4 is 6.29 Å². The Labute approximate surface area is 79.6 Å². The molecule has 0 fully saturated rings. The second-order valence-corrected chi connectivity index (χ2v) is 1.64. The lowest BCUT2D eigenvalue weighted by Crippen LogP contribution is -1.83. The van der Waals surface area contributed by atoms with Crippen LogP contribution in [0.4, 0.5) is 4.39 Å². The molecule has 0 saturated carbocycles. The fraction of sp³-hybridized carbons (Fsp3) is 0.364. The molecule has 0 saturated heterocycles. The highest BCUT2D eigenvalue weighted by Gasteiger charge is 1.94. The molecule has 1 rings (SSSR count). The molecule has 0 bridgehead atoms. The summed E-state index contributed by atoms with van der Waals surface area (Å²) in [5, 5.41) is 0. The Balaban J connectivity index is 0. The third kappa shape index (κ3) is 6.02. The molecular formula is C11H17FO. The van der Waals surface area contributed by atoms with Crippen LogP contribution in [0.15, 0.2) is 24.3 Å². The lowest BCUT2D eigenvalue weighted by Gasteiger charge is -1.88.